The summed E-state index contributed by atoms with van der Waals surface area (Å²) in [5, 5.41) is 10.6. The lowest BCUT2D eigenvalue weighted by Crippen LogP contribution is -2.43. The van der Waals surface area contributed by atoms with E-state index in [0.29, 0.717) is 24.2 Å². The zero-order chi connectivity index (χ0) is 20.0. The number of carbonyl (C=O) groups is 1. The van der Waals surface area contributed by atoms with E-state index in [1.807, 2.05) is 6.07 Å². The van der Waals surface area contributed by atoms with Gasteiger partial charge in [-0.15, -0.1) is 0 Å². The molecule has 1 N–H and O–H groups in total. The van der Waals surface area contributed by atoms with Gasteiger partial charge in [-0.2, -0.15) is 0 Å². The third kappa shape index (κ3) is 3.54. The van der Waals surface area contributed by atoms with Crippen molar-refractivity contribution in [2.45, 2.75) is 96.0 Å². The predicted octanol–water partition coefficient (Wildman–Crippen LogP) is 5.78. The molecule has 0 amide bonds. The lowest BCUT2D eigenvalue weighted by atomic mass is 9.55. The third-order valence-corrected chi connectivity index (χ3v) is 9.11. The maximum absolute atomic E-state index is 12.3. The molecule has 4 aliphatic carbocycles. The predicted molar refractivity (Wildman–Crippen MR) is 114 cm³/mol. The number of hydrogen-bond donors (Lipinski definition) is 1. The molecule has 0 aromatic heterocycles. The van der Waals surface area contributed by atoms with Crippen molar-refractivity contribution in [2.75, 3.05) is 0 Å². The van der Waals surface area contributed by atoms with E-state index >= 15 is 0 Å². The third-order valence-electron chi connectivity index (χ3n) is 9.11. The van der Waals surface area contributed by atoms with Gasteiger partial charge in [0.1, 0.15) is 5.75 Å². The highest BCUT2D eigenvalue weighted by Gasteiger charge is 2.54. The van der Waals surface area contributed by atoms with Crippen molar-refractivity contribution >= 4 is 5.97 Å². The monoisotopic (exact) mass is 396 g/mol. The number of benzene rings is 1. The number of carbonyl (C=O) groups excluding carboxylic acids is 1. The van der Waals surface area contributed by atoms with Crippen LogP contribution in [0.15, 0.2) is 18.2 Å². The minimum Gasteiger partial charge on any atom is -0.427 e. The van der Waals surface area contributed by atoms with Crippen LogP contribution in [0, 0.1) is 23.2 Å². The molecule has 0 spiro atoms. The summed E-state index contributed by atoms with van der Waals surface area (Å²) in [5.41, 5.74) is 3.00. The average Bonchev–Trinajstić information content (AvgIpc) is 3.34. The van der Waals surface area contributed by atoms with Gasteiger partial charge in [-0.1, -0.05) is 38.7 Å². The van der Waals surface area contributed by atoms with Crippen molar-refractivity contribution < 1.29 is 14.6 Å². The topological polar surface area (TPSA) is 46.5 Å². The number of aliphatic hydroxyl groups excluding tert-OH is 1. The van der Waals surface area contributed by atoms with Crippen LogP contribution in [0.2, 0.25) is 0 Å². The van der Waals surface area contributed by atoms with Crippen molar-refractivity contribution in [3.63, 3.8) is 0 Å². The first-order valence-electron chi connectivity index (χ1n) is 12.1. The van der Waals surface area contributed by atoms with E-state index in [2.05, 4.69) is 19.1 Å². The summed E-state index contributed by atoms with van der Waals surface area (Å²) < 4.78 is 5.70. The lowest BCUT2D eigenvalue weighted by molar-refractivity contribution is -0.134. The number of rotatable bonds is 4. The molecule has 3 fully saturated rings. The molecule has 0 bridgehead atoms. The Labute approximate surface area is 175 Å². The first-order chi connectivity index (χ1) is 14.0. The minimum atomic E-state index is -0.110. The molecular weight excluding hydrogens is 360 g/mol. The van der Waals surface area contributed by atoms with Crippen LogP contribution in [0.5, 0.6) is 5.75 Å². The molecule has 3 heteroatoms. The molecule has 3 saturated carbocycles. The molecule has 0 saturated heterocycles. The van der Waals surface area contributed by atoms with Gasteiger partial charge < -0.3 is 9.84 Å². The molecule has 158 valence electrons. The molecule has 0 radical (unpaired) electrons. The summed E-state index contributed by atoms with van der Waals surface area (Å²) in [6.45, 7) is 2.33. The molecule has 1 aromatic rings. The van der Waals surface area contributed by atoms with Crippen molar-refractivity contribution in [1.29, 1.82) is 0 Å². The Morgan fingerprint density at radius 1 is 1.14 bits per heavy atom. The molecule has 3 nitrogen and oxygen atoms in total. The molecule has 1 aromatic carbocycles. The highest BCUT2D eigenvalue weighted by Crippen LogP contribution is 2.60. The standard InChI is InChI=1S/C26H36O3/c1-26-15-14-21-20-10-8-19(29-25(28)13-6-17-4-2-3-5-17)16-18(20)7-9-22(21)23(26)11-12-24(26)27/h8,10,16-17,21-24,27H,2-7,9,11-15H2,1H3/t21?,22?,23?,24-,26-/m0/s1. The van der Waals surface area contributed by atoms with Crippen LogP contribution in [0.3, 0.4) is 0 Å². The Bertz CT molecular complexity index is 765. The molecule has 5 rings (SSSR count). The molecular formula is C26H36O3. The SMILES string of the molecule is C[C@]12CCC3c4ccc(OC(=O)CCC5CCCC5)cc4CCC3C1CC[C@@H]2O. The molecule has 0 aliphatic heterocycles. The van der Waals surface area contributed by atoms with Crippen LogP contribution < -0.4 is 4.74 Å². The van der Waals surface area contributed by atoms with E-state index in [4.69, 9.17) is 4.74 Å². The van der Waals surface area contributed by atoms with Crippen molar-refractivity contribution in [3.05, 3.63) is 29.3 Å². The summed E-state index contributed by atoms with van der Waals surface area (Å²) in [6, 6.07) is 6.39. The van der Waals surface area contributed by atoms with Gasteiger partial charge in [-0.05, 0) is 97.3 Å². The van der Waals surface area contributed by atoms with Gasteiger partial charge in [-0.25, -0.2) is 0 Å². The summed E-state index contributed by atoms with van der Waals surface area (Å²) >= 11 is 0. The van der Waals surface area contributed by atoms with Gasteiger partial charge in [0.2, 0.25) is 0 Å². The Kier molecular flexibility index (Phi) is 5.22. The van der Waals surface area contributed by atoms with Crippen LogP contribution in [0.25, 0.3) is 0 Å². The fourth-order valence-electron chi connectivity index (χ4n) is 7.40. The van der Waals surface area contributed by atoms with Gasteiger partial charge in [-0.3, -0.25) is 4.79 Å². The van der Waals surface area contributed by atoms with E-state index < -0.39 is 0 Å². The van der Waals surface area contributed by atoms with E-state index in [9.17, 15) is 9.90 Å². The molecule has 5 atom stereocenters. The summed E-state index contributed by atoms with van der Waals surface area (Å²) in [5.74, 6) is 3.38. The van der Waals surface area contributed by atoms with Gasteiger partial charge in [0.15, 0.2) is 0 Å². The Morgan fingerprint density at radius 3 is 2.79 bits per heavy atom. The van der Waals surface area contributed by atoms with Crippen LogP contribution in [0.1, 0.15) is 94.6 Å². The average molecular weight is 397 g/mol. The van der Waals surface area contributed by atoms with E-state index in [1.165, 1.54) is 56.1 Å². The largest absolute Gasteiger partial charge is 0.427 e. The van der Waals surface area contributed by atoms with E-state index in [-0.39, 0.29) is 17.5 Å². The quantitative estimate of drug-likeness (QED) is 0.518. The Morgan fingerprint density at radius 2 is 1.97 bits per heavy atom. The summed E-state index contributed by atoms with van der Waals surface area (Å²) in [6.07, 6.45) is 13.4. The second-order valence-corrected chi connectivity index (χ2v) is 10.6. The number of aliphatic hydroxyl groups is 1. The normalized spacial score (nSPS) is 36.3. The van der Waals surface area contributed by atoms with Gasteiger partial charge in [0, 0.05) is 6.42 Å². The molecule has 29 heavy (non-hydrogen) atoms. The van der Waals surface area contributed by atoms with Gasteiger partial charge in [0.05, 0.1) is 6.10 Å². The first kappa shape index (κ1) is 19.6. The minimum absolute atomic E-state index is 0.0705. The van der Waals surface area contributed by atoms with Crippen LogP contribution in [-0.2, 0) is 11.2 Å². The zero-order valence-electron chi connectivity index (χ0n) is 17.9. The highest BCUT2D eigenvalue weighted by atomic mass is 16.5. The van der Waals surface area contributed by atoms with E-state index in [0.717, 1.165) is 37.4 Å². The second-order valence-electron chi connectivity index (χ2n) is 10.6. The maximum Gasteiger partial charge on any atom is 0.311 e. The maximum atomic E-state index is 12.3. The number of esters is 1. The first-order valence-corrected chi connectivity index (χ1v) is 12.1. The van der Waals surface area contributed by atoms with Crippen molar-refractivity contribution in [3.8, 4) is 5.75 Å². The molecule has 0 heterocycles. The Hall–Kier alpha value is -1.35. The smallest absolute Gasteiger partial charge is 0.311 e. The Balaban J connectivity index is 1.25. The van der Waals surface area contributed by atoms with Crippen molar-refractivity contribution in [2.24, 2.45) is 23.2 Å². The number of aryl methyl sites for hydroxylation is 1. The fourth-order valence-corrected chi connectivity index (χ4v) is 7.40. The fraction of sp³-hybridized carbons (Fsp3) is 0.731. The number of ether oxygens (including phenoxy) is 1. The van der Waals surface area contributed by atoms with Crippen LogP contribution in [-0.4, -0.2) is 17.2 Å². The summed E-state index contributed by atoms with van der Waals surface area (Å²) in [4.78, 5) is 12.3. The van der Waals surface area contributed by atoms with Crippen LogP contribution >= 0.6 is 0 Å². The molecule has 4 aliphatic rings. The van der Waals surface area contributed by atoms with Gasteiger partial charge in [0.25, 0.3) is 0 Å². The van der Waals surface area contributed by atoms with Crippen LogP contribution in [0.4, 0.5) is 0 Å². The number of hydrogen-bond acceptors (Lipinski definition) is 3. The highest BCUT2D eigenvalue weighted by molar-refractivity contribution is 5.72. The number of fused-ring (bicyclic) bond motifs is 5. The van der Waals surface area contributed by atoms with Gasteiger partial charge >= 0.3 is 5.97 Å². The lowest BCUT2D eigenvalue weighted by Gasteiger charge is -2.50. The molecule has 3 unspecified atom stereocenters. The zero-order valence-corrected chi connectivity index (χ0v) is 17.9. The summed E-state index contributed by atoms with van der Waals surface area (Å²) in [7, 11) is 0. The van der Waals surface area contributed by atoms with Crippen molar-refractivity contribution in [1.82, 2.24) is 0 Å². The second kappa shape index (κ2) is 7.72. The van der Waals surface area contributed by atoms with E-state index in [1.54, 1.807) is 0 Å².